The van der Waals surface area contributed by atoms with E-state index in [0.29, 0.717) is 18.0 Å². The lowest BCUT2D eigenvalue weighted by atomic mass is 10.2. The van der Waals surface area contributed by atoms with Crippen LogP contribution in [0.1, 0.15) is 13.3 Å². The molecule has 32 heavy (non-hydrogen) atoms. The Bertz CT molecular complexity index is 1040. The largest absolute Gasteiger partial charge is 0.494 e. The number of hydrogen-bond donors (Lipinski definition) is 0. The lowest BCUT2D eigenvalue weighted by Gasteiger charge is -2.29. The van der Waals surface area contributed by atoms with Crippen molar-refractivity contribution in [1.29, 1.82) is 0 Å². The van der Waals surface area contributed by atoms with Crippen molar-refractivity contribution in [3.63, 3.8) is 0 Å². The van der Waals surface area contributed by atoms with Crippen molar-refractivity contribution in [2.75, 3.05) is 32.3 Å². The van der Waals surface area contributed by atoms with E-state index in [0.717, 1.165) is 9.21 Å². The highest BCUT2D eigenvalue weighted by Gasteiger charge is 2.47. The minimum atomic E-state index is -4.12. The normalized spacial score (nSPS) is 16.9. The van der Waals surface area contributed by atoms with Gasteiger partial charge in [0.25, 0.3) is 5.91 Å². The number of hydrogen-bond acceptors (Lipinski definition) is 7. The van der Waals surface area contributed by atoms with Gasteiger partial charge in [-0.05, 0) is 43.3 Å². The van der Waals surface area contributed by atoms with Crippen LogP contribution in [0.15, 0.2) is 59.5 Å². The quantitative estimate of drug-likeness (QED) is 0.393. The molecule has 10 heteroatoms. The van der Waals surface area contributed by atoms with E-state index in [1.54, 1.807) is 42.5 Å². The Labute approximate surface area is 187 Å². The summed E-state index contributed by atoms with van der Waals surface area (Å²) >= 11 is 0. The number of ether oxygens (including phenoxy) is 3. The number of anilines is 1. The summed E-state index contributed by atoms with van der Waals surface area (Å²) in [4.78, 5) is 27.1. The van der Waals surface area contributed by atoms with Gasteiger partial charge in [0, 0.05) is 14.2 Å². The first-order chi connectivity index (χ1) is 15.3. The average Bonchev–Trinajstić information content (AvgIpc) is 3.09. The molecule has 1 heterocycles. The minimum absolute atomic E-state index is 0.00530. The molecular weight excluding hydrogens is 436 g/mol. The Morgan fingerprint density at radius 3 is 2.22 bits per heavy atom. The van der Waals surface area contributed by atoms with Gasteiger partial charge in [0.05, 0.1) is 30.2 Å². The van der Waals surface area contributed by atoms with Crippen molar-refractivity contribution in [3.8, 4) is 5.75 Å². The number of rotatable bonds is 10. The fourth-order valence-electron chi connectivity index (χ4n) is 3.48. The first-order valence-corrected chi connectivity index (χ1v) is 11.5. The van der Waals surface area contributed by atoms with Crippen LogP contribution < -0.4 is 9.64 Å². The summed E-state index contributed by atoms with van der Waals surface area (Å²) in [7, 11) is -1.38. The molecule has 2 amide bonds. The zero-order chi connectivity index (χ0) is 23.3. The molecule has 2 aromatic rings. The number of carbonyl (C=O) groups is 2. The van der Waals surface area contributed by atoms with Gasteiger partial charge in [-0.3, -0.25) is 9.59 Å². The van der Waals surface area contributed by atoms with E-state index >= 15 is 0 Å². The number of imide groups is 1. The van der Waals surface area contributed by atoms with Crippen LogP contribution in [0.25, 0.3) is 0 Å². The van der Waals surface area contributed by atoms with Crippen molar-refractivity contribution < 1.29 is 32.2 Å². The van der Waals surface area contributed by atoms with E-state index in [4.69, 9.17) is 14.2 Å². The summed E-state index contributed by atoms with van der Waals surface area (Å²) in [6, 6.07) is 13.0. The molecule has 0 spiro atoms. The second-order valence-electron chi connectivity index (χ2n) is 7.00. The molecule has 9 nitrogen and oxygen atoms in total. The van der Waals surface area contributed by atoms with Crippen molar-refractivity contribution in [2.45, 2.75) is 30.6 Å². The molecule has 0 bridgehead atoms. The smallest absolute Gasteiger partial charge is 0.252 e. The molecule has 0 aromatic heterocycles. The van der Waals surface area contributed by atoms with Gasteiger partial charge < -0.3 is 14.2 Å². The monoisotopic (exact) mass is 462 g/mol. The summed E-state index contributed by atoms with van der Waals surface area (Å²) in [5.41, 5.74) is 0.345. The van der Waals surface area contributed by atoms with E-state index in [-0.39, 0.29) is 17.9 Å². The molecule has 3 rings (SSSR count). The first kappa shape index (κ1) is 23.9. The molecule has 1 saturated heterocycles. The molecule has 0 saturated carbocycles. The summed E-state index contributed by atoms with van der Waals surface area (Å²) < 4.78 is 43.6. The van der Waals surface area contributed by atoms with E-state index in [2.05, 4.69) is 0 Å². The highest BCUT2D eigenvalue weighted by Crippen LogP contribution is 2.30. The summed E-state index contributed by atoms with van der Waals surface area (Å²) in [5, 5.41) is 0. The van der Waals surface area contributed by atoms with Crippen LogP contribution in [0.2, 0.25) is 0 Å². The molecule has 172 valence electrons. The van der Waals surface area contributed by atoms with Crippen LogP contribution >= 0.6 is 0 Å². The zero-order valence-corrected chi connectivity index (χ0v) is 18.9. The minimum Gasteiger partial charge on any atom is -0.494 e. The Hall–Kier alpha value is -2.79. The number of benzene rings is 2. The predicted molar refractivity (Wildman–Crippen MR) is 117 cm³/mol. The van der Waals surface area contributed by atoms with E-state index < -0.39 is 34.2 Å². The van der Waals surface area contributed by atoms with E-state index in [9.17, 15) is 18.0 Å². The van der Waals surface area contributed by atoms with Crippen LogP contribution in [0, 0.1) is 0 Å². The average molecular weight is 463 g/mol. The second-order valence-corrected chi connectivity index (χ2v) is 8.89. The number of methoxy groups -OCH3 is 2. The Kier molecular flexibility index (Phi) is 7.62. The fraction of sp³-hybridized carbons (Fsp3) is 0.364. The molecular formula is C22H26N2O7S. The lowest BCUT2D eigenvalue weighted by molar-refractivity contribution is -0.125. The van der Waals surface area contributed by atoms with Crippen LogP contribution in [0.3, 0.4) is 0 Å². The van der Waals surface area contributed by atoms with Gasteiger partial charge in [0.2, 0.25) is 15.9 Å². The van der Waals surface area contributed by atoms with Gasteiger partial charge >= 0.3 is 0 Å². The topological polar surface area (TPSA) is 102 Å². The van der Waals surface area contributed by atoms with E-state index in [1.807, 2.05) is 6.92 Å². The maximum absolute atomic E-state index is 13.4. The Balaban J connectivity index is 1.96. The molecule has 1 aliphatic heterocycles. The van der Waals surface area contributed by atoms with Crippen molar-refractivity contribution >= 4 is 27.5 Å². The van der Waals surface area contributed by atoms with Gasteiger partial charge in [0.1, 0.15) is 11.8 Å². The standard InChI is InChI=1S/C22H26N2O7S/c1-4-31-17-12-10-16(11-13-17)24-20(25)14-19(22(24)26)23(15-21(29-2)30-3)32(27,28)18-8-6-5-7-9-18/h5-13,19,21H,4,14-15H2,1-3H3. The molecule has 1 unspecified atom stereocenters. The highest BCUT2D eigenvalue weighted by atomic mass is 32.2. The summed E-state index contributed by atoms with van der Waals surface area (Å²) in [6.45, 7) is 2.07. The highest BCUT2D eigenvalue weighted by molar-refractivity contribution is 7.89. The first-order valence-electron chi connectivity index (χ1n) is 10.1. The van der Waals surface area contributed by atoms with Crippen molar-refractivity contribution in [3.05, 3.63) is 54.6 Å². The molecule has 1 aliphatic rings. The number of nitrogens with zero attached hydrogens (tertiary/aromatic N) is 2. The Morgan fingerprint density at radius 1 is 1.03 bits per heavy atom. The zero-order valence-electron chi connectivity index (χ0n) is 18.1. The molecule has 0 N–H and O–H groups in total. The second kappa shape index (κ2) is 10.2. The van der Waals surface area contributed by atoms with Gasteiger partial charge in [-0.1, -0.05) is 18.2 Å². The third-order valence-electron chi connectivity index (χ3n) is 5.08. The Morgan fingerprint density at radius 2 is 1.66 bits per heavy atom. The number of carbonyl (C=O) groups excluding carboxylic acids is 2. The maximum atomic E-state index is 13.4. The van der Waals surface area contributed by atoms with Crippen LogP contribution in [0.5, 0.6) is 5.75 Å². The fourth-order valence-corrected chi connectivity index (χ4v) is 5.07. The molecule has 1 atom stereocenters. The van der Waals surface area contributed by atoms with E-state index in [1.165, 1.54) is 26.4 Å². The van der Waals surface area contributed by atoms with Crippen LogP contribution in [0.4, 0.5) is 5.69 Å². The third-order valence-corrected chi connectivity index (χ3v) is 6.97. The molecule has 0 radical (unpaired) electrons. The van der Waals surface area contributed by atoms with Crippen LogP contribution in [-0.2, 0) is 29.1 Å². The predicted octanol–water partition coefficient (Wildman–Crippen LogP) is 2.03. The van der Waals surface area contributed by atoms with Crippen molar-refractivity contribution in [2.24, 2.45) is 0 Å². The van der Waals surface area contributed by atoms with Gasteiger partial charge in [-0.15, -0.1) is 0 Å². The molecule has 1 fully saturated rings. The third kappa shape index (κ3) is 4.83. The van der Waals surface area contributed by atoms with Crippen molar-refractivity contribution in [1.82, 2.24) is 4.31 Å². The number of sulfonamides is 1. The SMILES string of the molecule is CCOc1ccc(N2C(=O)CC(N(CC(OC)OC)S(=O)(=O)c3ccccc3)C2=O)cc1. The van der Waals surface area contributed by atoms with Gasteiger partial charge in [-0.2, -0.15) is 4.31 Å². The molecule has 2 aromatic carbocycles. The summed E-state index contributed by atoms with van der Waals surface area (Å²) in [6.07, 6.45) is -1.21. The maximum Gasteiger partial charge on any atom is 0.252 e. The molecule has 0 aliphatic carbocycles. The van der Waals surface area contributed by atoms with Crippen LogP contribution in [-0.4, -0.2) is 64.2 Å². The lowest BCUT2D eigenvalue weighted by Crippen LogP contribution is -2.49. The van der Waals surface area contributed by atoms with Gasteiger partial charge in [-0.25, -0.2) is 13.3 Å². The summed E-state index contributed by atoms with van der Waals surface area (Å²) in [5.74, 6) is -0.531. The number of amides is 2. The van der Waals surface area contributed by atoms with Gasteiger partial charge in [0.15, 0.2) is 6.29 Å².